The number of hydrogen-bond donors (Lipinski definition) is 0. The van der Waals surface area contributed by atoms with Crippen molar-refractivity contribution >= 4 is 43.7 Å². The molecular formula is C33H23NO2. The molecule has 0 amide bonds. The van der Waals surface area contributed by atoms with Crippen LogP contribution in [0.5, 0.6) is 0 Å². The second kappa shape index (κ2) is 7.69. The third-order valence-electron chi connectivity index (χ3n) is 7.11. The Bertz CT molecular complexity index is 1980. The molecule has 36 heavy (non-hydrogen) atoms. The van der Waals surface area contributed by atoms with E-state index in [9.17, 15) is 4.79 Å². The van der Waals surface area contributed by atoms with Gasteiger partial charge in [-0.15, -0.1) is 0 Å². The minimum Gasteiger partial charge on any atom is -0.456 e. The fraction of sp³-hybridized carbons (Fsp3) is 0.0606. The maximum absolute atomic E-state index is 13.1. The van der Waals surface area contributed by atoms with E-state index in [1.54, 1.807) is 0 Å². The standard InChI is InChI=1S/C33H23NO2/c1-20-11-15-29-26(17-20)27-18-21(2)12-16-30(27)34(29)28-9-5-3-7-23(28)22-13-14-25-32(19-22)36-31-10-6-4-8-24(31)33(25)35/h3-19H,1-2H3. The number of benzene rings is 5. The van der Waals surface area contributed by atoms with Gasteiger partial charge >= 0.3 is 0 Å². The van der Waals surface area contributed by atoms with Crippen molar-refractivity contribution in [3.05, 3.63) is 124 Å². The predicted octanol–water partition coefficient (Wildman–Crippen LogP) is 8.33. The van der Waals surface area contributed by atoms with Gasteiger partial charge < -0.3 is 8.98 Å². The summed E-state index contributed by atoms with van der Waals surface area (Å²) in [6.45, 7) is 4.28. The number of rotatable bonds is 2. The van der Waals surface area contributed by atoms with Crippen LogP contribution in [0.2, 0.25) is 0 Å². The zero-order chi connectivity index (χ0) is 24.4. The Morgan fingerprint density at radius 3 is 1.97 bits per heavy atom. The van der Waals surface area contributed by atoms with Crippen molar-refractivity contribution in [3.63, 3.8) is 0 Å². The molecule has 0 N–H and O–H groups in total. The zero-order valence-corrected chi connectivity index (χ0v) is 20.1. The molecule has 3 heteroatoms. The predicted molar refractivity (Wildman–Crippen MR) is 149 cm³/mol. The Morgan fingerprint density at radius 1 is 0.583 bits per heavy atom. The van der Waals surface area contributed by atoms with Crippen molar-refractivity contribution in [3.8, 4) is 16.8 Å². The van der Waals surface area contributed by atoms with Gasteiger partial charge in [0.1, 0.15) is 11.2 Å². The van der Waals surface area contributed by atoms with Crippen LogP contribution in [-0.2, 0) is 0 Å². The van der Waals surface area contributed by atoms with Crippen molar-refractivity contribution in [1.29, 1.82) is 0 Å². The van der Waals surface area contributed by atoms with Crippen LogP contribution in [-0.4, -0.2) is 4.57 Å². The highest BCUT2D eigenvalue weighted by molar-refractivity contribution is 6.10. The molecule has 0 aliphatic rings. The number of aryl methyl sites for hydroxylation is 2. The van der Waals surface area contributed by atoms with E-state index in [4.69, 9.17) is 4.42 Å². The van der Waals surface area contributed by atoms with E-state index in [2.05, 4.69) is 79.1 Å². The van der Waals surface area contributed by atoms with E-state index in [0.29, 0.717) is 21.9 Å². The van der Waals surface area contributed by atoms with Gasteiger partial charge in [-0.1, -0.05) is 59.7 Å². The highest BCUT2D eigenvalue weighted by atomic mass is 16.3. The molecule has 0 aliphatic carbocycles. The third kappa shape index (κ3) is 3.03. The summed E-state index contributed by atoms with van der Waals surface area (Å²) in [6, 6.07) is 35.0. The second-order valence-corrected chi connectivity index (χ2v) is 9.53. The lowest BCUT2D eigenvalue weighted by Crippen LogP contribution is -2.02. The molecule has 0 aliphatic heterocycles. The van der Waals surface area contributed by atoms with E-state index >= 15 is 0 Å². The summed E-state index contributed by atoms with van der Waals surface area (Å²) >= 11 is 0. The van der Waals surface area contributed by atoms with E-state index < -0.39 is 0 Å². The van der Waals surface area contributed by atoms with Crippen LogP contribution in [0.25, 0.3) is 60.6 Å². The molecule has 2 aromatic heterocycles. The summed E-state index contributed by atoms with van der Waals surface area (Å²) < 4.78 is 8.53. The molecule has 0 unspecified atom stereocenters. The molecule has 172 valence electrons. The van der Waals surface area contributed by atoms with Gasteiger partial charge in [-0.2, -0.15) is 0 Å². The highest BCUT2D eigenvalue weighted by Gasteiger charge is 2.17. The van der Waals surface area contributed by atoms with Gasteiger partial charge in [-0.05, 0) is 74.0 Å². The van der Waals surface area contributed by atoms with E-state index in [1.807, 2.05) is 42.5 Å². The van der Waals surface area contributed by atoms with Gasteiger partial charge in [0, 0.05) is 16.3 Å². The van der Waals surface area contributed by atoms with E-state index in [-0.39, 0.29) is 5.43 Å². The molecule has 3 nitrogen and oxygen atoms in total. The summed E-state index contributed by atoms with van der Waals surface area (Å²) in [6.07, 6.45) is 0. The number of aromatic nitrogens is 1. The van der Waals surface area contributed by atoms with Crippen LogP contribution in [0.1, 0.15) is 11.1 Å². The first-order valence-electron chi connectivity index (χ1n) is 12.2. The molecule has 0 radical (unpaired) electrons. The Balaban J connectivity index is 1.53. The molecule has 0 fully saturated rings. The molecule has 0 saturated heterocycles. The highest BCUT2D eigenvalue weighted by Crippen LogP contribution is 2.37. The molecule has 7 rings (SSSR count). The van der Waals surface area contributed by atoms with Crippen LogP contribution in [0.15, 0.2) is 112 Å². The van der Waals surface area contributed by atoms with Gasteiger partial charge in [0.2, 0.25) is 5.43 Å². The fourth-order valence-electron chi connectivity index (χ4n) is 5.39. The maximum Gasteiger partial charge on any atom is 0.200 e. The number of hydrogen-bond acceptors (Lipinski definition) is 2. The van der Waals surface area contributed by atoms with Gasteiger partial charge in [-0.25, -0.2) is 0 Å². The van der Waals surface area contributed by atoms with E-state index in [1.165, 1.54) is 32.9 Å². The third-order valence-corrected chi connectivity index (χ3v) is 7.11. The van der Waals surface area contributed by atoms with Crippen LogP contribution < -0.4 is 5.43 Å². The Kier molecular flexibility index (Phi) is 4.43. The molecule has 0 spiro atoms. The monoisotopic (exact) mass is 465 g/mol. The van der Waals surface area contributed by atoms with Crippen molar-refractivity contribution in [2.45, 2.75) is 13.8 Å². The quantitative estimate of drug-likeness (QED) is 0.241. The largest absolute Gasteiger partial charge is 0.456 e. The van der Waals surface area contributed by atoms with Crippen molar-refractivity contribution in [2.75, 3.05) is 0 Å². The molecule has 2 heterocycles. The second-order valence-electron chi connectivity index (χ2n) is 9.53. The van der Waals surface area contributed by atoms with Gasteiger partial charge in [0.15, 0.2) is 0 Å². The lowest BCUT2D eigenvalue weighted by atomic mass is 10.0. The number of nitrogens with zero attached hydrogens (tertiary/aromatic N) is 1. The summed E-state index contributed by atoms with van der Waals surface area (Å²) in [4.78, 5) is 13.1. The molecule has 7 aromatic rings. The minimum absolute atomic E-state index is 0.000164. The summed E-state index contributed by atoms with van der Waals surface area (Å²) in [5.41, 5.74) is 9.21. The van der Waals surface area contributed by atoms with Gasteiger partial charge in [-0.3, -0.25) is 4.79 Å². The lowest BCUT2D eigenvalue weighted by molar-refractivity contribution is 0.660. The minimum atomic E-state index is -0.000164. The Hall–Kier alpha value is -4.63. The molecule has 0 atom stereocenters. The van der Waals surface area contributed by atoms with Crippen LogP contribution >= 0.6 is 0 Å². The molecule has 5 aromatic carbocycles. The Morgan fingerprint density at radius 2 is 1.22 bits per heavy atom. The average Bonchev–Trinajstić information content (AvgIpc) is 3.21. The van der Waals surface area contributed by atoms with Crippen LogP contribution in [0.4, 0.5) is 0 Å². The topological polar surface area (TPSA) is 35.1 Å². The normalized spacial score (nSPS) is 11.7. The molecular weight excluding hydrogens is 442 g/mol. The average molecular weight is 466 g/mol. The SMILES string of the molecule is Cc1ccc2c(c1)c1cc(C)ccc1n2-c1ccccc1-c1ccc2c(=O)c3ccccc3oc2c1. The first kappa shape index (κ1) is 20.7. The van der Waals surface area contributed by atoms with Crippen molar-refractivity contribution in [2.24, 2.45) is 0 Å². The van der Waals surface area contributed by atoms with Crippen molar-refractivity contribution < 1.29 is 4.42 Å². The summed E-state index contributed by atoms with van der Waals surface area (Å²) in [5, 5.41) is 3.70. The van der Waals surface area contributed by atoms with Gasteiger partial charge in [0.25, 0.3) is 0 Å². The first-order valence-corrected chi connectivity index (χ1v) is 12.2. The summed E-state index contributed by atoms with van der Waals surface area (Å²) in [7, 11) is 0. The number of para-hydroxylation sites is 2. The van der Waals surface area contributed by atoms with Crippen LogP contribution in [0.3, 0.4) is 0 Å². The first-order chi connectivity index (χ1) is 17.6. The Labute approximate surface area is 207 Å². The van der Waals surface area contributed by atoms with Crippen molar-refractivity contribution in [1.82, 2.24) is 4.57 Å². The zero-order valence-electron chi connectivity index (χ0n) is 20.1. The smallest absolute Gasteiger partial charge is 0.200 e. The molecule has 0 bridgehead atoms. The lowest BCUT2D eigenvalue weighted by Gasteiger charge is -2.14. The maximum atomic E-state index is 13.1. The van der Waals surface area contributed by atoms with Gasteiger partial charge in [0.05, 0.1) is 27.5 Å². The molecule has 0 saturated carbocycles. The fourth-order valence-corrected chi connectivity index (χ4v) is 5.39. The van der Waals surface area contributed by atoms with E-state index in [0.717, 1.165) is 16.8 Å². The van der Waals surface area contributed by atoms with Crippen LogP contribution in [0, 0.1) is 13.8 Å². The summed E-state index contributed by atoms with van der Waals surface area (Å²) in [5.74, 6) is 0. The number of fused-ring (bicyclic) bond motifs is 5.